The number of hydrogen-bond donors (Lipinski definition) is 1. The summed E-state index contributed by atoms with van der Waals surface area (Å²) in [5, 5.41) is 0. The Kier molecular flexibility index (Phi) is 5.11. The first-order valence-electron chi connectivity index (χ1n) is 9.47. The Morgan fingerprint density at radius 1 is 1.29 bits per heavy atom. The maximum absolute atomic E-state index is 12.4. The molecule has 2 aromatic rings. The van der Waals surface area contributed by atoms with Gasteiger partial charge >= 0.3 is 5.97 Å². The molecule has 0 saturated heterocycles. The maximum atomic E-state index is 12.4. The smallest absolute Gasteiger partial charge is 0.309 e. The molecule has 0 aliphatic heterocycles. The van der Waals surface area contributed by atoms with E-state index in [9.17, 15) is 4.79 Å². The number of ether oxygens (including phenoxy) is 1. The summed E-state index contributed by atoms with van der Waals surface area (Å²) in [6.07, 6.45) is 8.11. The Morgan fingerprint density at radius 3 is 2.68 bits per heavy atom. The Balaban J connectivity index is 1.74. The van der Waals surface area contributed by atoms with Crippen LogP contribution in [0.15, 0.2) is 52.6 Å². The van der Waals surface area contributed by atoms with E-state index in [1.165, 1.54) is 0 Å². The summed E-state index contributed by atoms with van der Waals surface area (Å²) in [4.78, 5) is 20.5. The number of aromatic nitrogens is 2. The number of halogens is 2. The van der Waals surface area contributed by atoms with E-state index in [4.69, 9.17) is 32.9 Å². The van der Waals surface area contributed by atoms with Crippen LogP contribution in [0.1, 0.15) is 38.9 Å². The van der Waals surface area contributed by atoms with Gasteiger partial charge in [0.25, 0.3) is 0 Å². The molecule has 0 radical (unpaired) electrons. The van der Waals surface area contributed by atoms with E-state index in [2.05, 4.69) is 4.98 Å². The molecule has 4 rings (SSSR count). The van der Waals surface area contributed by atoms with Crippen molar-refractivity contribution >= 4 is 45.8 Å². The number of nitrogens with one attached hydrogen (secondary N) is 1. The maximum Gasteiger partial charge on any atom is 0.309 e. The standard InChI is InChI=1S/C22H22Cl2N2O2/c1-22(2)15(12-19(23)24)14(20-25-16-8-3-4-9-17(16)26-20)10-11-18(22)28-21(27)13-6-5-7-13/h3-4,8-13,18H,5-7H2,1-2H3,(H,25,26). The normalized spacial score (nSPS) is 21.5. The highest BCUT2D eigenvalue weighted by atomic mass is 35.5. The van der Waals surface area contributed by atoms with Crippen LogP contribution in [0.4, 0.5) is 0 Å². The number of aromatic amines is 1. The van der Waals surface area contributed by atoms with E-state index in [1.54, 1.807) is 6.08 Å². The molecule has 1 heterocycles. The molecule has 1 atom stereocenters. The number of hydrogen-bond acceptors (Lipinski definition) is 3. The van der Waals surface area contributed by atoms with Crippen molar-refractivity contribution in [1.82, 2.24) is 9.97 Å². The second-order valence-electron chi connectivity index (χ2n) is 7.93. The van der Waals surface area contributed by atoms with Gasteiger partial charge in [0.1, 0.15) is 16.4 Å². The molecule has 1 unspecified atom stereocenters. The van der Waals surface area contributed by atoms with Crippen LogP contribution in [0.5, 0.6) is 0 Å². The molecule has 1 saturated carbocycles. The Hall–Kier alpha value is -2.04. The van der Waals surface area contributed by atoms with E-state index in [0.29, 0.717) is 0 Å². The molecular weight excluding hydrogens is 395 g/mol. The zero-order valence-electron chi connectivity index (χ0n) is 15.8. The van der Waals surface area contributed by atoms with Gasteiger partial charge in [0.05, 0.1) is 17.0 Å². The Morgan fingerprint density at radius 2 is 2.04 bits per heavy atom. The topological polar surface area (TPSA) is 55.0 Å². The second-order valence-corrected chi connectivity index (χ2v) is 8.94. The van der Waals surface area contributed by atoms with Crippen molar-refractivity contribution in [3.05, 3.63) is 58.4 Å². The third-order valence-corrected chi connectivity index (χ3v) is 5.93. The largest absolute Gasteiger partial charge is 0.457 e. The number of carbonyl (C=O) groups is 1. The first-order valence-corrected chi connectivity index (χ1v) is 10.2. The first kappa shape index (κ1) is 19.3. The number of rotatable bonds is 4. The van der Waals surface area contributed by atoms with Gasteiger partial charge in [-0.1, -0.05) is 61.7 Å². The average Bonchev–Trinajstić information content (AvgIpc) is 3.00. The summed E-state index contributed by atoms with van der Waals surface area (Å²) in [5.74, 6) is 0.636. The van der Waals surface area contributed by atoms with Gasteiger partial charge in [-0.05, 0) is 42.7 Å². The number of benzene rings is 1. The molecule has 1 N–H and O–H groups in total. The highest BCUT2D eigenvalue weighted by Gasteiger charge is 2.40. The van der Waals surface area contributed by atoms with Gasteiger partial charge in [0.2, 0.25) is 0 Å². The third kappa shape index (κ3) is 3.51. The second kappa shape index (κ2) is 7.41. The number of para-hydroxylation sites is 2. The molecule has 0 spiro atoms. The van der Waals surface area contributed by atoms with Crippen LogP contribution in [0.25, 0.3) is 16.6 Å². The molecule has 2 aliphatic carbocycles. The SMILES string of the molecule is CC1(C)C(C=C(Cl)Cl)=C(c2nc3ccccc3[nH]2)C=CC1OC(=O)C1CCC1. The predicted octanol–water partition coefficient (Wildman–Crippen LogP) is 5.94. The third-order valence-electron chi connectivity index (χ3n) is 5.71. The number of H-pyrrole nitrogens is 1. The fraction of sp³-hybridized carbons (Fsp3) is 0.364. The van der Waals surface area contributed by atoms with Crippen LogP contribution >= 0.6 is 23.2 Å². The molecule has 6 heteroatoms. The fourth-order valence-electron chi connectivity index (χ4n) is 3.73. The highest BCUT2D eigenvalue weighted by Crippen LogP contribution is 2.44. The monoisotopic (exact) mass is 416 g/mol. The van der Waals surface area contributed by atoms with E-state index in [1.807, 2.05) is 50.3 Å². The van der Waals surface area contributed by atoms with E-state index < -0.39 is 11.5 Å². The minimum absolute atomic E-state index is 0.0283. The summed E-state index contributed by atoms with van der Waals surface area (Å²) in [6, 6.07) is 7.86. The zero-order valence-corrected chi connectivity index (χ0v) is 17.3. The summed E-state index contributed by atoms with van der Waals surface area (Å²) in [6.45, 7) is 4.06. The number of carbonyl (C=O) groups excluding carboxylic acids is 1. The summed E-state index contributed by atoms with van der Waals surface area (Å²) >= 11 is 12.1. The van der Waals surface area contributed by atoms with Crippen molar-refractivity contribution in [3.8, 4) is 0 Å². The number of imidazole rings is 1. The van der Waals surface area contributed by atoms with E-state index in [0.717, 1.165) is 47.3 Å². The van der Waals surface area contributed by atoms with Crippen LogP contribution in [0.3, 0.4) is 0 Å². The lowest BCUT2D eigenvalue weighted by molar-refractivity contribution is -0.158. The minimum Gasteiger partial charge on any atom is -0.457 e. The van der Waals surface area contributed by atoms with Crippen molar-refractivity contribution in [3.63, 3.8) is 0 Å². The van der Waals surface area contributed by atoms with E-state index in [-0.39, 0.29) is 16.4 Å². The predicted molar refractivity (Wildman–Crippen MR) is 113 cm³/mol. The van der Waals surface area contributed by atoms with Crippen LogP contribution < -0.4 is 0 Å². The molecule has 2 aliphatic rings. The van der Waals surface area contributed by atoms with Crippen LogP contribution in [-0.2, 0) is 9.53 Å². The van der Waals surface area contributed by atoms with Gasteiger partial charge in [0.15, 0.2) is 0 Å². The summed E-state index contributed by atoms with van der Waals surface area (Å²) < 4.78 is 6.01. The van der Waals surface area contributed by atoms with Gasteiger partial charge < -0.3 is 9.72 Å². The Labute approximate surface area is 174 Å². The molecule has 1 fully saturated rings. The summed E-state index contributed by atoms with van der Waals surface area (Å²) in [5.41, 5.74) is 3.08. The quantitative estimate of drug-likeness (QED) is 0.626. The summed E-state index contributed by atoms with van der Waals surface area (Å²) in [7, 11) is 0. The van der Waals surface area contributed by atoms with Crippen LogP contribution in [-0.4, -0.2) is 22.0 Å². The fourth-order valence-corrected chi connectivity index (χ4v) is 3.94. The van der Waals surface area contributed by atoms with Crippen molar-refractivity contribution < 1.29 is 9.53 Å². The molecular formula is C22H22Cl2N2O2. The Bertz CT molecular complexity index is 975. The number of nitrogens with zero attached hydrogens (tertiary/aromatic N) is 1. The van der Waals surface area contributed by atoms with Crippen molar-refractivity contribution in [2.45, 2.75) is 39.2 Å². The number of allylic oxidation sites excluding steroid dienone is 3. The molecule has 1 aromatic carbocycles. The minimum atomic E-state index is -0.516. The number of esters is 1. The van der Waals surface area contributed by atoms with Crippen LogP contribution in [0, 0.1) is 11.3 Å². The first-order chi connectivity index (χ1) is 13.4. The van der Waals surface area contributed by atoms with Gasteiger partial charge in [-0.3, -0.25) is 4.79 Å². The highest BCUT2D eigenvalue weighted by molar-refractivity contribution is 6.56. The molecule has 28 heavy (non-hydrogen) atoms. The van der Waals surface area contributed by atoms with Crippen LogP contribution in [0.2, 0.25) is 0 Å². The van der Waals surface area contributed by atoms with Gasteiger partial charge in [-0.15, -0.1) is 0 Å². The van der Waals surface area contributed by atoms with Gasteiger partial charge in [-0.25, -0.2) is 4.98 Å². The lowest BCUT2D eigenvalue weighted by Gasteiger charge is -2.38. The molecule has 0 amide bonds. The van der Waals surface area contributed by atoms with Crippen molar-refractivity contribution in [1.29, 1.82) is 0 Å². The lowest BCUT2D eigenvalue weighted by atomic mass is 9.73. The van der Waals surface area contributed by atoms with Crippen molar-refractivity contribution in [2.75, 3.05) is 0 Å². The average molecular weight is 417 g/mol. The zero-order chi connectivity index (χ0) is 19.9. The lowest BCUT2D eigenvalue weighted by Crippen LogP contribution is -2.38. The van der Waals surface area contributed by atoms with Gasteiger partial charge in [0, 0.05) is 11.0 Å². The molecule has 0 bridgehead atoms. The molecule has 4 nitrogen and oxygen atoms in total. The van der Waals surface area contributed by atoms with Crippen molar-refractivity contribution in [2.24, 2.45) is 11.3 Å². The van der Waals surface area contributed by atoms with E-state index >= 15 is 0 Å². The van der Waals surface area contributed by atoms with Gasteiger partial charge in [-0.2, -0.15) is 0 Å². The molecule has 1 aromatic heterocycles. The molecule has 146 valence electrons. The number of fused-ring (bicyclic) bond motifs is 1.